The fraction of sp³-hybridized carbons (Fsp3) is 0.267. The summed E-state index contributed by atoms with van der Waals surface area (Å²) in [6.45, 7) is 1.95. The van der Waals surface area contributed by atoms with E-state index >= 15 is 0 Å². The molecule has 2 aromatic heterocycles. The van der Waals surface area contributed by atoms with Gasteiger partial charge in [-0.3, -0.25) is 9.97 Å². The van der Waals surface area contributed by atoms with Crippen LogP contribution in [0.4, 0.5) is 0 Å². The molecule has 11 heteroatoms. The summed E-state index contributed by atoms with van der Waals surface area (Å²) in [4.78, 5) is 8.33. The molecule has 2 atom stereocenters. The number of benzene rings is 2. The van der Waals surface area contributed by atoms with E-state index in [1.165, 1.54) is 24.3 Å². The zero-order valence-corrected chi connectivity index (χ0v) is 23.3. The molecule has 0 saturated carbocycles. The van der Waals surface area contributed by atoms with Crippen molar-refractivity contribution in [2.45, 2.75) is 35.1 Å². The van der Waals surface area contributed by atoms with Crippen LogP contribution in [-0.2, 0) is 22.9 Å². The fourth-order valence-corrected chi connectivity index (χ4v) is 5.10. The highest BCUT2D eigenvalue weighted by Crippen LogP contribution is 2.25. The molecule has 0 amide bonds. The van der Waals surface area contributed by atoms with Crippen LogP contribution in [0.2, 0.25) is 0 Å². The van der Waals surface area contributed by atoms with Crippen molar-refractivity contribution in [2.24, 2.45) is 0 Å². The summed E-state index contributed by atoms with van der Waals surface area (Å²) >= 11 is 0. The van der Waals surface area contributed by atoms with E-state index in [4.69, 9.17) is 9.47 Å². The van der Waals surface area contributed by atoms with Gasteiger partial charge in [-0.15, -0.1) is 0 Å². The lowest BCUT2D eigenvalue weighted by Gasteiger charge is -2.14. The van der Waals surface area contributed by atoms with Gasteiger partial charge < -0.3 is 30.3 Å². The highest BCUT2D eigenvalue weighted by Gasteiger charge is 2.18. The van der Waals surface area contributed by atoms with Crippen LogP contribution >= 0.6 is 0 Å². The lowest BCUT2D eigenvalue weighted by Crippen LogP contribution is -2.31. The zero-order valence-electron chi connectivity index (χ0n) is 22.5. The van der Waals surface area contributed by atoms with Crippen LogP contribution in [-0.4, -0.2) is 67.1 Å². The summed E-state index contributed by atoms with van der Waals surface area (Å²) in [6.07, 6.45) is 5.44. The van der Waals surface area contributed by atoms with Crippen LogP contribution in [0.15, 0.2) is 107 Å². The molecule has 0 aliphatic heterocycles. The Bertz CT molecular complexity index is 1320. The molecule has 2 unspecified atom stereocenters. The molecule has 0 spiro atoms. The van der Waals surface area contributed by atoms with E-state index < -0.39 is 22.0 Å². The standard InChI is InChI=1S/C30H34N4O6S/c35-25(19-33-17-23-3-1-13-31-15-23)21-39-27-5-9-29(10-6-27)41(37,38)30-11-7-28(8-12-30)40-22-26(36)20-34-18-24-4-2-14-32-16-24/h1-16,25-26,33-36H,17-22H2. The van der Waals surface area contributed by atoms with E-state index in [1.54, 1.807) is 49.1 Å². The topological polar surface area (TPSA) is 143 Å². The third-order valence-corrected chi connectivity index (χ3v) is 7.80. The van der Waals surface area contributed by atoms with Crippen molar-refractivity contribution in [3.05, 3.63) is 109 Å². The normalized spacial score (nSPS) is 12.9. The van der Waals surface area contributed by atoms with E-state index in [1.807, 2.05) is 24.3 Å². The van der Waals surface area contributed by atoms with Gasteiger partial charge in [0.15, 0.2) is 0 Å². The molecule has 0 fully saturated rings. The van der Waals surface area contributed by atoms with Gasteiger partial charge in [0.25, 0.3) is 0 Å². The SMILES string of the molecule is O=S(=O)(c1ccc(OCC(O)CNCc2cccnc2)cc1)c1ccc(OCC(O)CNCc2cccnc2)cc1. The van der Waals surface area contributed by atoms with Crippen molar-refractivity contribution < 1.29 is 28.1 Å². The number of hydrogen-bond acceptors (Lipinski definition) is 10. The van der Waals surface area contributed by atoms with Gasteiger partial charge in [-0.2, -0.15) is 0 Å². The first-order valence-electron chi connectivity index (χ1n) is 13.2. The summed E-state index contributed by atoms with van der Waals surface area (Å²) in [5.74, 6) is 0.903. The molecule has 0 radical (unpaired) electrons. The predicted molar refractivity (Wildman–Crippen MR) is 153 cm³/mol. The maximum absolute atomic E-state index is 13.1. The Balaban J connectivity index is 1.20. The zero-order chi connectivity index (χ0) is 28.9. The number of aromatic nitrogens is 2. The maximum atomic E-state index is 13.1. The second-order valence-corrected chi connectivity index (χ2v) is 11.3. The highest BCUT2D eigenvalue weighted by molar-refractivity contribution is 7.91. The molecule has 2 aromatic carbocycles. The molecule has 2 heterocycles. The van der Waals surface area contributed by atoms with E-state index in [0.29, 0.717) is 37.7 Å². The van der Waals surface area contributed by atoms with Gasteiger partial charge in [-0.25, -0.2) is 8.42 Å². The van der Waals surface area contributed by atoms with Crippen molar-refractivity contribution >= 4 is 9.84 Å². The molecule has 41 heavy (non-hydrogen) atoms. The Kier molecular flexibility index (Phi) is 11.2. The maximum Gasteiger partial charge on any atom is 0.206 e. The van der Waals surface area contributed by atoms with Crippen molar-refractivity contribution in [1.29, 1.82) is 0 Å². The highest BCUT2D eigenvalue weighted by atomic mass is 32.2. The van der Waals surface area contributed by atoms with E-state index in [9.17, 15) is 18.6 Å². The molecular formula is C30H34N4O6S. The lowest BCUT2D eigenvalue weighted by molar-refractivity contribution is 0.106. The first-order chi connectivity index (χ1) is 19.9. The van der Waals surface area contributed by atoms with Crippen molar-refractivity contribution in [1.82, 2.24) is 20.6 Å². The number of aliphatic hydroxyl groups excluding tert-OH is 2. The summed E-state index contributed by atoms with van der Waals surface area (Å²) in [5, 5.41) is 26.6. The monoisotopic (exact) mass is 578 g/mol. The Morgan fingerprint density at radius 1 is 0.659 bits per heavy atom. The van der Waals surface area contributed by atoms with Gasteiger partial charge in [0.05, 0.1) is 9.79 Å². The van der Waals surface area contributed by atoms with Crippen LogP contribution in [0.5, 0.6) is 11.5 Å². The third-order valence-electron chi connectivity index (χ3n) is 6.02. The minimum atomic E-state index is -3.75. The fourth-order valence-electron chi connectivity index (χ4n) is 3.84. The molecule has 0 aliphatic carbocycles. The van der Waals surface area contributed by atoms with E-state index in [0.717, 1.165) is 11.1 Å². The molecule has 0 bridgehead atoms. The molecule has 216 valence electrons. The summed E-state index contributed by atoms with van der Waals surface area (Å²) in [7, 11) is -3.75. The minimum Gasteiger partial charge on any atom is -0.491 e. The number of aliphatic hydroxyl groups is 2. The average Bonchev–Trinajstić information content (AvgIpc) is 3.00. The number of pyridine rings is 2. The van der Waals surface area contributed by atoms with Gasteiger partial charge >= 0.3 is 0 Å². The Morgan fingerprint density at radius 3 is 1.44 bits per heavy atom. The number of hydrogen-bond donors (Lipinski definition) is 4. The smallest absolute Gasteiger partial charge is 0.206 e. The van der Waals surface area contributed by atoms with E-state index in [2.05, 4.69) is 20.6 Å². The first kappa shape index (κ1) is 30.1. The molecule has 0 saturated heterocycles. The third kappa shape index (κ3) is 9.62. The molecule has 4 N–H and O–H groups in total. The van der Waals surface area contributed by atoms with Crippen LogP contribution in [0.3, 0.4) is 0 Å². The second kappa shape index (κ2) is 15.2. The number of nitrogens with one attached hydrogen (secondary N) is 2. The molecule has 4 rings (SSSR count). The Hall–Kier alpha value is -3.87. The van der Waals surface area contributed by atoms with Crippen molar-refractivity contribution in [2.75, 3.05) is 26.3 Å². The summed E-state index contributed by atoms with van der Waals surface area (Å²) < 4.78 is 37.4. The number of sulfone groups is 1. The van der Waals surface area contributed by atoms with Gasteiger partial charge in [0.1, 0.15) is 36.9 Å². The van der Waals surface area contributed by atoms with Crippen molar-refractivity contribution in [3.8, 4) is 11.5 Å². The Morgan fingerprint density at radius 2 is 1.07 bits per heavy atom. The van der Waals surface area contributed by atoms with Crippen LogP contribution < -0.4 is 20.1 Å². The Labute approximate surface area is 240 Å². The van der Waals surface area contributed by atoms with E-state index in [-0.39, 0.29) is 23.0 Å². The minimum absolute atomic E-state index is 0.0584. The molecule has 0 aliphatic rings. The number of nitrogens with zero attached hydrogens (tertiary/aromatic N) is 2. The molecular weight excluding hydrogens is 544 g/mol. The number of rotatable bonds is 16. The lowest BCUT2D eigenvalue weighted by atomic mass is 10.3. The van der Waals surface area contributed by atoms with Crippen LogP contribution in [0.1, 0.15) is 11.1 Å². The van der Waals surface area contributed by atoms with Crippen molar-refractivity contribution in [3.63, 3.8) is 0 Å². The first-order valence-corrected chi connectivity index (χ1v) is 14.6. The number of ether oxygens (including phenoxy) is 2. The van der Waals surface area contributed by atoms with Gasteiger partial charge in [-0.1, -0.05) is 12.1 Å². The summed E-state index contributed by atoms with van der Waals surface area (Å²) in [6, 6.07) is 19.7. The van der Waals surface area contributed by atoms with Crippen LogP contribution in [0, 0.1) is 0 Å². The quantitative estimate of drug-likeness (QED) is 0.156. The average molecular weight is 579 g/mol. The molecule has 4 aromatic rings. The largest absolute Gasteiger partial charge is 0.491 e. The second-order valence-electron chi connectivity index (χ2n) is 9.36. The molecule has 10 nitrogen and oxygen atoms in total. The van der Waals surface area contributed by atoms with Crippen LogP contribution in [0.25, 0.3) is 0 Å². The van der Waals surface area contributed by atoms with Gasteiger partial charge in [0.2, 0.25) is 9.84 Å². The summed E-state index contributed by atoms with van der Waals surface area (Å²) in [5.41, 5.74) is 2.03. The van der Waals surface area contributed by atoms with Gasteiger partial charge in [0, 0.05) is 51.0 Å². The predicted octanol–water partition coefficient (Wildman–Crippen LogP) is 2.37. The van der Waals surface area contributed by atoms with Gasteiger partial charge in [-0.05, 0) is 71.8 Å².